The van der Waals surface area contributed by atoms with Crippen LogP contribution in [0.5, 0.6) is 11.5 Å². The van der Waals surface area contributed by atoms with Gasteiger partial charge >= 0.3 is 0 Å². The molecule has 0 radical (unpaired) electrons. The van der Waals surface area contributed by atoms with E-state index in [1.165, 1.54) is 0 Å². The first-order chi connectivity index (χ1) is 14.1. The fourth-order valence-corrected chi connectivity index (χ4v) is 2.71. The van der Waals surface area contributed by atoms with Crippen LogP contribution >= 0.6 is 0 Å². The number of carbonyl (C=O) groups excluding carboxylic acids is 1. The standard InChI is InChI=1S/C21H23N5O3/c1-14-10-17(26-21(25-14)24-12-15-6-8-22-9-7-15)20(27)23-13-16-4-5-18(28-2)19(11-16)29-3/h4-11H,12-13H2,1-3H3,(H,23,27)(H,24,25,26). The van der Waals surface area contributed by atoms with Crippen LogP contribution < -0.4 is 20.1 Å². The minimum atomic E-state index is -0.280. The number of methoxy groups -OCH3 is 2. The van der Waals surface area contributed by atoms with E-state index in [2.05, 4.69) is 25.6 Å². The lowest BCUT2D eigenvalue weighted by Gasteiger charge is -2.11. The number of pyridine rings is 1. The molecule has 8 heteroatoms. The van der Waals surface area contributed by atoms with Gasteiger partial charge in [-0.1, -0.05) is 6.07 Å². The highest BCUT2D eigenvalue weighted by atomic mass is 16.5. The van der Waals surface area contributed by atoms with Gasteiger partial charge in [-0.05, 0) is 48.4 Å². The van der Waals surface area contributed by atoms with Crippen molar-refractivity contribution >= 4 is 11.9 Å². The maximum Gasteiger partial charge on any atom is 0.270 e. The molecule has 0 fully saturated rings. The predicted octanol–water partition coefficient (Wildman–Crippen LogP) is 2.74. The first kappa shape index (κ1) is 20.1. The van der Waals surface area contributed by atoms with E-state index in [-0.39, 0.29) is 5.91 Å². The summed E-state index contributed by atoms with van der Waals surface area (Å²) in [5.41, 5.74) is 2.94. The van der Waals surface area contributed by atoms with E-state index in [4.69, 9.17) is 9.47 Å². The number of nitrogens with one attached hydrogen (secondary N) is 2. The Morgan fingerprint density at radius 2 is 1.69 bits per heavy atom. The van der Waals surface area contributed by atoms with Crippen LogP contribution in [0.2, 0.25) is 0 Å². The largest absolute Gasteiger partial charge is 0.493 e. The first-order valence-corrected chi connectivity index (χ1v) is 9.06. The molecule has 150 valence electrons. The quantitative estimate of drug-likeness (QED) is 0.607. The maximum absolute atomic E-state index is 12.6. The third-order valence-electron chi connectivity index (χ3n) is 4.19. The summed E-state index contributed by atoms with van der Waals surface area (Å²) in [5.74, 6) is 1.37. The minimum absolute atomic E-state index is 0.280. The summed E-state index contributed by atoms with van der Waals surface area (Å²) in [7, 11) is 3.15. The number of anilines is 1. The highest BCUT2D eigenvalue weighted by Gasteiger charge is 2.11. The molecule has 0 unspecified atom stereocenters. The lowest BCUT2D eigenvalue weighted by molar-refractivity contribution is 0.0945. The van der Waals surface area contributed by atoms with Gasteiger partial charge in [0.05, 0.1) is 14.2 Å². The molecule has 0 saturated heterocycles. The highest BCUT2D eigenvalue weighted by Crippen LogP contribution is 2.27. The molecule has 2 heterocycles. The number of carbonyl (C=O) groups is 1. The van der Waals surface area contributed by atoms with Crippen LogP contribution in [0, 0.1) is 6.92 Å². The first-order valence-electron chi connectivity index (χ1n) is 9.06. The minimum Gasteiger partial charge on any atom is -0.493 e. The molecule has 8 nitrogen and oxygen atoms in total. The van der Waals surface area contributed by atoms with Crippen molar-refractivity contribution in [2.75, 3.05) is 19.5 Å². The molecule has 0 atom stereocenters. The summed E-state index contributed by atoms with van der Waals surface area (Å²) in [6.07, 6.45) is 3.45. The third kappa shape index (κ3) is 5.41. The topological polar surface area (TPSA) is 98.3 Å². The van der Waals surface area contributed by atoms with Crippen LogP contribution in [0.1, 0.15) is 27.3 Å². The average molecular weight is 393 g/mol. The van der Waals surface area contributed by atoms with Crippen molar-refractivity contribution in [3.63, 3.8) is 0 Å². The summed E-state index contributed by atoms with van der Waals surface area (Å²) in [4.78, 5) is 25.2. The van der Waals surface area contributed by atoms with Crippen molar-refractivity contribution in [3.8, 4) is 11.5 Å². The zero-order valence-corrected chi connectivity index (χ0v) is 16.6. The van der Waals surface area contributed by atoms with Crippen LogP contribution in [-0.2, 0) is 13.1 Å². The van der Waals surface area contributed by atoms with Gasteiger partial charge in [0.1, 0.15) is 5.69 Å². The fraction of sp³-hybridized carbons (Fsp3) is 0.238. The number of hydrogen-bond acceptors (Lipinski definition) is 7. The SMILES string of the molecule is COc1ccc(CNC(=O)c2cc(C)nc(NCc3ccncc3)n2)cc1OC. The molecular formula is C21H23N5O3. The molecule has 3 aromatic rings. The maximum atomic E-state index is 12.6. The Morgan fingerprint density at radius 3 is 2.41 bits per heavy atom. The summed E-state index contributed by atoms with van der Waals surface area (Å²) >= 11 is 0. The van der Waals surface area contributed by atoms with Gasteiger partial charge in [-0.25, -0.2) is 9.97 Å². The number of aromatic nitrogens is 3. The number of rotatable bonds is 8. The Morgan fingerprint density at radius 1 is 0.931 bits per heavy atom. The summed E-state index contributed by atoms with van der Waals surface area (Å²) < 4.78 is 10.5. The lowest BCUT2D eigenvalue weighted by atomic mass is 10.2. The van der Waals surface area contributed by atoms with Crippen LogP contribution in [0.15, 0.2) is 48.8 Å². The predicted molar refractivity (Wildman–Crippen MR) is 109 cm³/mol. The van der Waals surface area contributed by atoms with Gasteiger partial charge in [0.25, 0.3) is 5.91 Å². The zero-order chi connectivity index (χ0) is 20.6. The molecule has 0 aliphatic rings. The van der Waals surface area contributed by atoms with Gasteiger partial charge in [-0.15, -0.1) is 0 Å². The molecule has 29 heavy (non-hydrogen) atoms. The van der Waals surface area contributed by atoms with E-state index >= 15 is 0 Å². The van der Waals surface area contributed by atoms with Crippen LogP contribution in [-0.4, -0.2) is 35.1 Å². The Labute approximate surface area is 169 Å². The Balaban J connectivity index is 1.65. The highest BCUT2D eigenvalue weighted by molar-refractivity contribution is 5.92. The second-order valence-electron chi connectivity index (χ2n) is 6.30. The monoisotopic (exact) mass is 393 g/mol. The summed E-state index contributed by atoms with van der Waals surface area (Å²) in [6, 6.07) is 11.0. The number of aryl methyl sites for hydroxylation is 1. The van der Waals surface area contributed by atoms with Crippen molar-refractivity contribution < 1.29 is 14.3 Å². The zero-order valence-electron chi connectivity index (χ0n) is 16.6. The summed E-state index contributed by atoms with van der Waals surface area (Å²) in [5, 5.41) is 6.01. The molecule has 3 rings (SSSR count). The van der Waals surface area contributed by atoms with Gasteiger partial charge in [0, 0.05) is 31.2 Å². The number of ether oxygens (including phenoxy) is 2. The van der Waals surface area contributed by atoms with Crippen molar-refractivity contribution in [2.45, 2.75) is 20.0 Å². The van der Waals surface area contributed by atoms with Crippen molar-refractivity contribution in [1.82, 2.24) is 20.3 Å². The molecular weight excluding hydrogens is 370 g/mol. The van der Waals surface area contributed by atoms with Crippen molar-refractivity contribution in [2.24, 2.45) is 0 Å². The Kier molecular flexibility index (Phi) is 6.57. The van der Waals surface area contributed by atoms with E-state index in [0.717, 1.165) is 11.1 Å². The molecule has 2 N–H and O–H groups in total. The van der Waals surface area contributed by atoms with Crippen molar-refractivity contribution in [1.29, 1.82) is 0 Å². The number of amides is 1. The van der Waals surface area contributed by atoms with Gasteiger partial charge in [-0.3, -0.25) is 9.78 Å². The Bertz CT molecular complexity index is 979. The normalized spacial score (nSPS) is 10.3. The van der Waals surface area contributed by atoms with Gasteiger partial charge in [-0.2, -0.15) is 0 Å². The molecule has 1 amide bonds. The smallest absolute Gasteiger partial charge is 0.270 e. The van der Waals surface area contributed by atoms with E-state index in [1.807, 2.05) is 31.2 Å². The number of benzene rings is 1. The van der Waals surface area contributed by atoms with E-state index in [0.29, 0.717) is 41.9 Å². The van der Waals surface area contributed by atoms with Gasteiger partial charge in [0.2, 0.25) is 5.95 Å². The molecule has 2 aromatic heterocycles. The van der Waals surface area contributed by atoms with E-state index < -0.39 is 0 Å². The summed E-state index contributed by atoms with van der Waals surface area (Å²) in [6.45, 7) is 2.70. The molecule has 1 aromatic carbocycles. The van der Waals surface area contributed by atoms with Gasteiger partial charge < -0.3 is 20.1 Å². The van der Waals surface area contributed by atoms with E-state index in [9.17, 15) is 4.79 Å². The van der Waals surface area contributed by atoms with Gasteiger partial charge in [0.15, 0.2) is 11.5 Å². The molecule has 0 bridgehead atoms. The van der Waals surface area contributed by atoms with Crippen LogP contribution in [0.3, 0.4) is 0 Å². The molecule has 0 aliphatic carbocycles. The lowest BCUT2D eigenvalue weighted by Crippen LogP contribution is -2.24. The second-order valence-corrected chi connectivity index (χ2v) is 6.30. The van der Waals surface area contributed by atoms with Crippen molar-refractivity contribution in [3.05, 3.63) is 71.3 Å². The fourth-order valence-electron chi connectivity index (χ4n) is 2.71. The number of hydrogen-bond donors (Lipinski definition) is 2. The third-order valence-corrected chi connectivity index (χ3v) is 4.19. The van der Waals surface area contributed by atoms with Crippen LogP contribution in [0.25, 0.3) is 0 Å². The number of nitrogens with zero attached hydrogens (tertiary/aromatic N) is 3. The van der Waals surface area contributed by atoms with Crippen LogP contribution in [0.4, 0.5) is 5.95 Å². The molecule has 0 spiro atoms. The molecule has 0 aliphatic heterocycles. The second kappa shape index (κ2) is 9.50. The molecule has 0 saturated carbocycles. The average Bonchev–Trinajstić information content (AvgIpc) is 2.76. The van der Waals surface area contributed by atoms with E-state index in [1.54, 1.807) is 38.7 Å². The Hall–Kier alpha value is -3.68.